The van der Waals surface area contributed by atoms with Gasteiger partial charge in [-0.25, -0.2) is 4.98 Å². The molecular formula is C15H25N5O2. The number of amides is 1. The Labute approximate surface area is 130 Å². The molecule has 7 heteroatoms. The van der Waals surface area contributed by atoms with E-state index in [1.165, 1.54) is 6.33 Å². The highest BCUT2D eigenvalue weighted by Crippen LogP contribution is 2.39. The molecule has 22 heavy (non-hydrogen) atoms. The Morgan fingerprint density at radius 1 is 1.50 bits per heavy atom. The van der Waals surface area contributed by atoms with Gasteiger partial charge < -0.3 is 15.0 Å². The number of aromatic amines is 1. The van der Waals surface area contributed by atoms with Gasteiger partial charge in [-0.05, 0) is 39.5 Å². The Bertz CT molecular complexity index is 494. The lowest BCUT2D eigenvalue weighted by molar-refractivity contribution is -0.0788. The number of rotatable bonds is 4. The molecule has 3 heterocycles. The third-order valence-corrected chi connectivity index (χ3v) is 4.90. The highest BCUT2D eigenvalue weighted by molar-refractivity contribution is 5.90. The standard InChI is InChI=1S/C15H25N5O2/c1-11(2)20-7-5-15(6-8-20)4-3-12(22-15)9-16-14(21)13-17-10-18-19-13/h10-12H,3-9H2,1-2H3,(H,16,21)(H,17,18,19)/t12-/m0/s1. The summed E-state index contributed by atoms with van der Waals surface area (Å²) < 4.78 is 6.30. The fourth-order valence-corrected chi connectivity index (χ4v) is 3.46. The van der Waals surface area contributed by atoms with Crippen LogP contribution in [0.5, 0.6) is 0 Å². The Balaban J connectivity index is 1.46. The summed E-state index contributed by atoms with van der Waals surface area (Å²) in [6, 6.07) is 0.607. The van der Waals surface area contributed by atoms with E-state index in [9.17, 15) is 4.79 Å². The zero-order valence-corrected chi connectivity index (χ0v) is 13.3. The molecule has 0 radical (unpaired) electrons. The molecule has 0 aromatic carbocycles. The number of ether oxygens (including phenoxy) is 1. The van der Waals surface area contributed by atoms with Gasteiger partial charge >= 0.3 is 0 Å². The third-order valence-electron chi connectivity index (χ3n) is 4.90. The molecule has 0 bridgehead atoms. The number of piperidine rings is 1. The van der Waals surface area contributed by atoms with Crippen molar-refractivity contribution in [1.82, 2.24) is 25.4 Å². The molecule has 3 rings (SSSR count). The second kappa shape index (κ2) is 6.34. The molecule has 2 saturated heterocycles. The number of aromatic nitrogens is 3. The van der Waals surface area contributed by atoms with Gasteiger partial charge in [-0.15, -0.1) is 0 Å². The van der Waals surface area contributed by atoms with E-state index in [0.717, 1.165) is 38.8 Å². The van der Waals surface area contributed by atoms with E-state index in [4.69, 9.17) is 4.74 Å². The van der Waals surface area contributed by atoms with Gasteiger partial charge in [0.15, 0.2) is 0 Å². The minimum Gasteiger partial charge on any atom is -0.370 e. The quantitative estimate of drug-likeness (QED) is 0.865. The maximum absolute atomic E-state index is 11.8. The highest BCUT2D eigenvalue weighted by Gasteiger charge is 2.42. The van der Waals surface area contributed by atoms with Gasteiger partial charge in [-0.3, -0.25) is 9.89 Å². The normalized spacial score (nSPS) is 25.0. The van der Waals surface area contributed by atoms with E-state index in [0.29, 0.717) is 12.6 Å². The van der Waals surface area contributed by atoms with Crippen molar-refractivity contribution in [2.24, 2.45) is 0 Å². The molecular weight excluding hydrogens is 282 g/mol. The van der Waals surface area contributed by atoms with Crippen LogP contribution in [0.15, 0.2) is 6.33 Å². The Morgan fingerprint density at radius 2 is 2.27 bits per heavy atom. The van der Waals surface area contributed by atoms with E-state index >= 15 is 0 Å². The van der Waals surface area contributed by atoms with Crippen LogP contribution in [0.2, 0.25) is 0 Å². The molecule has 2 N–H and O–H groups in total. The first-order valence-corrected chi connectivity index (χ1v) is 8.13. The third kappa shape index (κ3) is 3.30. The minimum atomic E-state index is -0.225. The second-order valence-corrected chi connectivity index (χ2v) is 6.64. The molecule has 0 aliphatic carbocycles. The van der Waals surface area contributed by atoms with Crippen LogP contribution in [0.25, 0.3) is 0 Å². The summed E-state index contributed by atoms with van der Waals surface area (Å²) in [5, 5.41) is 9.11. The molecule has 2 aliphatic rings. The smallest absolute Gasteiger partial charge is 0.288 e. The summed E-state index contributed by atoms with van der Waals surface area (Å²) in [6.45, 7) is 7.24. The summed E-state index contributed by atoms with van der Waals surface area (Å²) in [5.41, 5.74) is 0.0347. The second-order valence-electron chi connectivity index (χ2n) is 6.64. The van der Waals surface area contributed by atoms with Gasteiger partial charge in [0.1, 0.15) is 6.33 Å². The first-order valence-electron chi connectivity index (χ1n) is 8.13. The maximum Gasteiger partial charge on any atom is 0.288 e. The largest absolute Gasteiger partial charge is 0.370 e. The number of nitrogens with one attached hydrogen (secondary N) is 2. The monoisotopic (exact) mass is 307 g/mol. The molecule has 0 saturated carbocycles. The first-order chi connectivity index (χ1) is 10.6. The molecule has 1 aromatic heterocycles. The zero-order chi connectivity index (χ0) is 15.6. The van der Waals surface area contributed by atoms with Crippen LogP contribution >= 0.6 is 0 Å². The number of H-pyrrole nitrogens is 1. The Hall–Kier alpha value is -1.47. The van der Waals surface area contributed by atoms with E-state index in [1.807, 2.05) is 0 Å². The predicted molar refractivity (Wildman–Crippen MR) is 81.5 cm³/mol. The van der Waals surface area contributed by atoms with Gasteiger partial charge in [-0.1, -0.05) is 0 Å². The van der Waals surface area contributed by atoms with E-state index in [1.54, 1.807) is 0 Å². The van der Waals surface area contributed by atoms with Gasteiger partial charge in [0, 0.05) is 25.7 Å². The number of carbonyl (C=O) groups is 1. The van der Waals surface area contributed by atoms with E-state index < -0.39 is 0 Å². The average molecular weight is 307 g/mol. The fourth-order valence-electron chi connectivity index (χ4n) is 3.46. The van der Waals surface area contributed by atoms with Crippen LogP contribution in [0.3, 0.4) is 0 Å². The average Bonchev–Trinajstić information content (AvgIpc) is 3.16. The maximum atomic E-state index is 11.8. The van der Waals surface area contributed by atoms with Crippen molar-refractivity contribution in [1.29, 1.82) is 0 Å². The number of hydrogen-bond acceptors (Lipinski definition) is 5. The van der Waals surface area contributed by atoms with Crippen LogP contribution in [0.1, 0.15) is 50.1 Å². The van der Waals surface area contributed by atoms with Crippen LogP contribution in [-0.2, 0) is 4.74 Å². The van der Waals surface area contributed by atoms with Crippen molar-refractivity contribution in [2.45, 2.75) is 57.3 Å². The molecule has 1 amide bonds. The summed E-state index contributed by atoms with van der Waals surface area (Å²) in [6.07, 6.45) is 5.74. The highest BCUT2D eigenvalue weighted by atomic mass is 16.5. The molecule has 0 unspecified atom stereocenters. The SMILES string of the molecule is CC(C)N1CCC2(CC[C@@H](CNC(=O)c3ncn[nH]3)O2)CC1. The summed E-state index contributed by atoms with van der Waals surface area (Å²) in [4.78, 5) is 18.2. The number of carbonyl (C=O) groups excluding carboxylic acids is 1. The van der Waals surface area contributed by atoms with Crippen LogP contribution in [0.4, 0.5) is 0 Å². The molecule has 2 aliphatic heterocycles. The molecule has 122 valence electrons. The summed E-state index contributed by atoms with van der Waals surface area (Å²) in [7, 11) is 0. The minimum absolute atomic E-state index is 0.0347. The lowest BCUT2D eigenvalue weighted by atomic mass is 9.88. The molecule has 7 nitrogen and oxygen atoms in total. The molecule has 2 fully saturated rings. The summed E-state index contributed by atoms with van der Waals surface area (Å²) >= 11 is 0. The van der Waals surface area contributed by atoms with Crippen molar-refractivity contribution in [3.63, 3.8) is 0 Å². The van der Waals surface area contributed by atoms with Crippen molar-refractivity contribution in [3.05, 3.63) is 12.2 Å². The van der Waals surface area contributed by atoms with Crippen LogP contribution < -0.4 is 5.32 Å². The predicted octanol–water partition coefficient (Wildman–Crippen LogP) is 0.957. The van der Waals surface area contributed by atoms with Crippen molar-refractivity contribution < 1.29 is 9.53 Å². The first kappa shape index (κ1) is 15.4. The number of nitrogens with zero attached hydrogens (tertiary/aromatic N) is 3. The lowest BCUT2D eigenvalue weighted by Crippen LogP contribution is -2.47. The Kier molecular flexibility index (Phi) is 4.44. The topological polar surface area (TPSA) is 83.1 Å². The summed E-state index contributed by atoms with van der Waals surface area (Å²) in [5.74, 6) is 0.0228. The Morgan fingerprint density at radius 3 is 2.91 bits per heavy atom. The lowest BCUT2D eigenvalue weighted by Gasteiger charge is -2.40. The molecule has 1 spiro atoms. The van der Waals surface area contributed by atoms with Crippen LogP contribution in [-0.4, -0.2) is 63.4 Å². The van der Waals surface area contributed by atoms with Crippen molar-refractivity contribution in [2.75, 3.05) is 19.6 Å². The van der Waals surface area contributed by atoms with Gasteiger partial charge in [0.2, 0.25) is 5.82 Å². The fraction of sp³-hybridized carbons (Fsp3) is 0.800. The van der Waals surface area contributed by atoms with Crippen LogP contribution in [0, 0.1) is 0 Å². The zero-order valence-electron chi connectivity index (χ0n) is 13.3. The van der Waals surface area contributed by atoms with E-state index in [2.05, 4.69) is 39.2 Å². The molecule has 1 aromatic rings. The number of hydrogen-bond donors (Lipinski definition) is 2. The number of likely N-dealkylation sites (tertiary alicyclic amines) is 1. The van der Waals surface area contributed by atoms with Gasteiger partial charge in [0.25, 0.3) is 5.91 Å². The molecule has 1 atom stereocenters. The van der Waals surface area contributed by atoms with Gasteiger partial charge in [0.05, 0.1) is 11.7 Å². The van der Waals surface area contributed by atoms with Crippen molar-refractivity contribution >= 4 is 5.91 Å². The van der Waals surface area contributed by atoms with E-state index in [-0.39, 0.29) is 23.4 Å². The van der Waals surface area contributed by atoms with Gasteiger partial charge in [-0.2, -0.15) is 5.10 Å². The van der Waals surface area contributed by atoms with Crippen molar-refractivity contribution in [3.8, 4) is 0 Å².